The van der Waals surface area contributed by atoms with E-state index in [0.29, 0.717) is 25.3 Å². The summed E-state index contributed by atoms with van der Waals surface area (Å²) < 4.78 is 0. The molecule has 4 rings (SSSR count). The molecule has 1 saturated heterocycles. The van der Waals surface area contributed by atoms with Crippen LogP contribution in [0.25, 0.3) is 17.0 Å². The van der Waals surface area contributed by atoms with Crippen LogP contribution in [0.2, 0.25) is 0 Å². The minimum absolute atomic E-state index is 0.0173. The Balaban J connectivity index is 1.38. The van der Waals surface area contributed by atoms with Crippen LogP contribution in [0.1, 0.15) is 38.8 Å². The number of aliphatic carboxylic acids is 1. The monoisotopic (exact) mass is 471 g/mol. The SMILES string of the molecule is CC(Cc1ccc(-c2ncc(C3=CC=CC(C)(C)C=C3)cn2)cc1)C(=O)N1CC(C)C(C(=O)O)C1. The number of rotatable bonds is 6. The van der Waals surface area contributed by atoms with Crippen LogP contribution in [0.4, 0.5) is 0 Å². The highest BCUT2D eigenvalue weighted by Crippen LogP contribution is 2.28. The van der Waals surface area contributed by atoms with Gasteiger partial charge in [-0.2, -0.15) is 0 Å². The van der Waals surface area contributed by atoms with E-state index < -0.39 is 11.9 Å². The molecule has 1 aliphatic carbocycles. The fourth-order valence-corrected chi connectivity index (χ4v) is 4.64. The standard InChI is InChI=1S/C29H33N3O3/c1-19(27(33)32-17-20(2)25(18-32)28(34)35)14-21-7-9-23(10-8-21)26-30-15-24(16-31-26)22-6-5-12-29(3,4)13-11-22/h5-13,15-16,19-20,25H,14,17-18H2,1-4H3,(H,34,35). The van der Waals surface area contributed by atoms with E-state index in [-0.39, 0.29) is 23.2 Å². The lowest BCUT2D eigenvalue weighted by Gasteiger charge is -2.21. The quantitative estimate of drug-likeness (QED) is 0.638. The number of nitrogens with zero attached hydrogens (tertiary/aromatic N) is 3. The second-order valence-electron chi connectivity index (χ2n) is 10.4. The van der Waals surface area contributed by atoms with E-state index in [1.165, 1.54) is 0 Å². The molecule has 1 N–H and O–H groups in total. The van der Waals surface area contributed by atoms with Crippen molar-refractivity contribution in [1.82, 2.24) is 14.9 Å². The highest BCUT2D eigenvalue weighted by atomic mass is 16.4. The van der Waals surface area contributed by atoms with Gasteiger partial charge in [-0.25, -0.2) is 9.97 Å². The first-order valence-electron chi connectivity index (χ1n) is 12.1. The predicted octanol–water partition coefficient (Wildman–Crippen LogP) is 5.04. The molecular weight excluding hydrogens is 438 g/mol. The second kappa shape index (κ2) is 9.98. The van der Waals surface area contributed by atoms with Gasteiger partial charge in [0.15, 0.2) is 5.82 Å². The number of amides is 1. The molecule has 0 radical (unpaired) electrons. The zero-order valence-electron chi connectivity index (χ0n) is 20.8. The molecular formula is C29H33N3O3. The highest BCUT2D eigenvalue weighted by Gasteiger charge is 2.38. The normalized spacial score (nSPS) is 21.9. The van der Waals surface area contributed by atoms with Crippen molar-refractivity contribution >= 4 is 17.4 Å². The Kier molecular flexibility index (Phi) is 7.01. The molecule has 35 heavy (non-hydrogen) atoms. The van der Waals surface area contributed by atoms with Gasteiger partial charge in [-0.05, 0) is 23.5 Å². The third kappa shape index (κ3) is 5.76. The Hall–Kier alpha value is -3.54. The minimum Gasteiger partial charge on any atom is -0.481 e. The Bertz CT molecular complexity index is 1180. The molecule has 1 amide bonds. The van der Waals surface area contributed by atoms with E-state index in [0.717, 1.165) is 22.3 Å². The number of hydrogen-bond acceptors (Lipinski definition) is 4. The third-order valence-corrected chi connectivity index (χ3v) is 6.90. The third-order valence-electron chi connectivity index (χ3n) is 6.90. The van der Waals surface area contributed by atoms with Crippen molar-refractivity contribution in [2.75, 3.05) is 13.1 Å². The lowest BCUT2D eigenvalue weighted by atomic mass is 9.93. The van der Waals surface area contributed by atoms with Crippen LogP contribution in [0.15, 0.2) is 67.0 Å². The van der Waals surface area contributed by atoms with Crippen molar-refractivity contribution in [1.29, 1.82) is 0 Å². The van der Waals surface area contributed by atoms with E-state index in [9.17, 15) is 14.7 Å². The number of carbonyl (C=O) groups excluding carboxylic acids is 1. The maximum atomic E-state index is 12.9. The number of carbonyl (C=O) groups is 2. The molecule has 1 aliphatic heterocycles. The first kappa shape index (κ1) is 24.6. The van der Waals surface area contributed by atoms with Gasteiger partial charge in [-0.15, -0.1) is 0 Å². The summed E-state index contributed by atoms with van der Waals surface area (Å²) in [4.78, 5) is 35.1. The number of carboxylic acid groups (broad SMARTS) is 1. The fourth-order valence-electron chi connectivity index (χ4n) is 4.64. The van der Waals surface area contributed by atoms with Crippen LogP contribution >= 0.6 is 0 Å². The van der Waals surface area contributed by atoms with Crippen molar-refractivity contribution < 1.29 is 14.7 Å². The van der Waals surface area contributed by atoms with Crippen molar-refractivity contribution in [2.24, 2.45) is 23.2 Å². The van der Waals surface area contributed by atoms with Crippen LogP contribution in [-0.4, -0.2) is 44.9 Å². The Morgan fingerprint density at radius 3 is 2.40 bits per heavy atom. The molecule has 3 unspecified atom stereocenters. The number of carboxylic acids is 1. The smallest absolute Gasteiger partial charge is 0.308 e. The fraction of sp³-hybridized carbons (Fsp3) is 0.379. The molecule has 3 atom stereocenters. The van der Waals surface area contributed by atoms with Crippen LogP contribution in [0, 0.1) is 23.2 Å². The van der Waals surface area contributed by atoms with Gasteiger partial charge in [-0.3, -0.25) is 9.59 Å². The molecule has 0 saturated carbocycles. The number of benzene rings is 1. The molecule has 0 bridgehead atoms. The van der Waals surface area contributed by atoms with Crippen molar-refractivity contribution in [3.05, 3.63) is 78.2 Å². The average molecular weight is 472 g/mol. The van der Waals surface area contributed by atoms with Crippen molar-refractivity contribution in [3.8, 4) is 11.4 Å². The Labute approximate surface area is 207 Å². The van der Waals surface area contributed by atoms with Gasteiger partial charge < -0.3 is 10.0 Å². The minimum atomic E-state index is -0.825. The second-order valence-corrected chi connectivity index (χ2v) is 10.4. The Morgan fingerprint density at radius 2 is 1.77 bits per heavy atom. The summed E-state index contributed by atoms with van der Waals surface area (Å²) in [6, 6.07) is 7.98. The summed E-state index contributed by atoms with van der Waals surface area (Å²) >= 11 is 0. The van der Waals surface area contributed by atoms with Crippen LogP contribution in [0.3, 0.4) is 0 Å². The van der Waals surface area contributed by atoms with Crippen molar-refractivity contribution in [2.45, 2.75) is 34.1 Å². The van der Waals surface area contributed by atoms with Gasteiger partial charge in [0.05, 0.1) is 5.92 Å². The van der Waals surface area contributed by atoms with Gasteiger partial charge in [-0.1, -0.05) is 82.3 Å². The molecule has 1 fully saturated rings. The molecule has 2 aliphatic rings. The van der Waals surface area contributed by atoms with Crippen molar-refractivity contribution in [3.63, 3.8) is 0 Å². The van der Waals surface area contributed by atoms with Gasteiger partial charge in [0.1, 0.15) is 0 Å². The summed E-state index contributed by atoms with van der Waals surface area (Å²) in [6.07, 6.45) is 14.9. The van der Waals surface area contributed by atoms with E-state index in [2.05, 4.69) is 54.2 Å². The molecule has 182 valence electrons. The number of allylic oxidation sites excluding steroid dienone is 6. The zero-order chi connectivity index (χ0) is 25.2. The molecule has 2 aromatic rings. The molecule has 0 spiro atoms. The average Bonchev–Trinajstić information content (AvgIpc) is 3.13. The maximum Gasteiger partial charge on any atom is 0.308 e. The van der Waals surface area contributed by atoms with E-state index in [1.807, 2.05) is 50.5 Å². The van der Waals surface area contributed by atoms with Gasteiger partial charge in [0.2, 0.25) is 5.91 Å². The molecule has 2 heterocycles. The maximum absolute atomic E-state index is 12.9. The van der Waals surface area contributed by atoms with Crippen LogP contribution < -0.4 is 0 Å². The topological polar surface area (TPSA) is 83.4 Å². The summed E-state index contributed by atoms with van der Waals surface area (Å²) in [5.41, 5.74) is 4.04. The largest absolute Gasteiger partial charge is 0.481 e. The lowest BCUT2D eigenvalue weighted by molar-refractivity contribution is -0.142. The number of aromatic nitrogens is 2. The van der Waals surface area contributed by atoms with Gasteiger partial charge in [0, 0.05) is 47.9 Å². The van der Waals surface area contributed by atoms with E-state index >= 15 is 0 Å². The summed E-state index contributed by atoms with van der Waals surface area (Å²) in [5, 5.41) is 9.33. The van der Waals surface area contributed by atoms with Gasteiger partial charge >= 0.3 is 5.97 Å². The van der Waals surface area contributed by atoms with Crippen LogP contribution in [-0.2, 0) is 16.0 Å². The number of hydrogen-bond donors (Lipinski definition) is 1. The Morgan fingerprint density at radius 1 is 1.09 bits per heavy atom. The van der Waals surface area contributed by atoms with Crippen LogP contribution in [0.5, 0.6) is 0 Å². The summed E-state index contributed by atoms with van der Waals surface area (Å²) in [5.74, 6) is -0.860. The molecule has 1 aromatic heterocycles. The molecule has 6 nitrogen and oxygen atoms in total. The zero-order valence-corrected chi connectivity index (χ0v) is 20.8. The lowest BCUT2D eigenvalue weighted by Crippen LogP contribution is -2.35. The first-order valence-corrected chi connectivity index (χ1v) is 12.1. The summed E-state index contributed by atoms with van der Waals surface area (Å²) in [6.45, 7) is 8.94. The number of likely N-dealkylation sites (tertiary alicyclic amines) is 1. The molecule has 6 heteroatoms. The van der Waals surface area contributed by atoms with E-state index in [1.54, 1.807) is 4.90 Å². The van der Waals surface area contributed by atoms with E-state index in [4.69, 9.17) is 0 Å². The molecule has 1 aromatic carbocycles. The first-order chi connectivity index (χ1) is 16.6. The summed E-state index contributed by atoms with van der Waals surface area (Å²) in [7, 11) is 0. The highest BCUT2D eigenvalue weighted by molar-refractivity contribution is 5.81. The predicted molar refractivity (Wildman–Crippen MR) is 137 cm³/mol. The van der Waals surface area contributed by atoms with Gasteiger partial charge in [0.25, 0.3) is 0 Å².